The van der Waals surface area contributed by atoms with Gasteiger partial charge < -0.3 is 9.13 Å². The van der Waals surface area contributed by atoms with Gasteiger partial charge in [0.2, 0.25) is 0 Å². The minimum atomic E-state index is -0.0418. The lowest BCUT2D eigenvalue weighted by Gasteiger charge is -2.21. The monoisotopic (exact) mass is 566 g/mol. The van der Waals surface area contributed by atoms with Crippen LogP contribution in [-0.2, 0) is 19.0 Å². The largest absolute Gasteiger partial charge is 0.344 e. The van der Waals surface area contributed by atoms with Gasteiger partial charge in [0.25, 0.3) is 0 Å². The quantitative estimate of drug-likeness (QED) is 0.201. The van der Waals surface area contributed by atoms with E-state index < -0.39 is 0 Å². The molecule has 6 aromatic carbocycles. The van der Waals surface area contributed by atoms with Crippen LogP contribution in [0.25, 0.3) is 77.0 Å². The molecule has 0 atom stereocenters. The van der Waals surface area contributed by atoms with Crippen molar-refractivity contribution < 1.29 is 0 Å². The highest BCUT2D eigenvalue weighted by molar-refractivity contribution is 6.10. The normalized spacial score (nSPS) is 13.7. The first-order chi connectivity index (χ1) is 21.4. The summed E-state index contributed by atoms with van der Waals surface area (Å²) in [5.74, 6) is 0. The SMILES string of the molecule is CCn1c2ccccc2c2cc(-c3ccc4c(c3)-c3cc(-c5ccc6c(c5)c5ccccc5n6C)ccc3C4(C)C)ccc21. The molecule has 0 bridgehead atoms. The van der Waals surface area contributed by atoms with Crippen molar-refractivity contribution in [1.29, 1.82) is 0 Å². The van der Waals surface area contributed by atoms with Crippen LogP contribution in [0.2, 0.25) is 0 Å². The molecule has 9 rings (SSSR count). The van der Waals surface area contributed by atoms with E-state index in [-0.39, 0.29) is 5.41 Å². The van der Waals surface area contributed by atoms with Gasteiger partial charge in [0.05, 0.1) is 0 Å². The number of nitrogens with zero attached hydrogens (tertiary/aromatic N) is 2. The second kappa shape index (κ2) is 8.97. The Labute approximate surface area is 257 Å². The molecule has 8 aromatic rings. The Balaban J connectivity index is 1.19. The zero-order chi connectivity index (χ0) is 29.7. The van der Waals surface area contributed by atoms with E-state index in [1.807, 2.05) is 0 Å². The second-order valence-corrected chi connectivity index (χ2v) is 12.9. The number of hydrogen-bond donors (Lipinski definition) is 0. The molecule has 2 aromatic heterocycles. The molecule has 2 heteroatoms. The molecule has 0 unspecified atom stereocenters. The lowest BCUT2D eigenvalue weighted by atomic mass is 9.82. The molecular formula is C42H34N2. The minimum Gasteiger partial charge on any atom is -0.344 e. The second-order valence-electron chi connectivity index (χ2n) is 12.9. The number of hydrogen-bond acceptors (Lipinski definition) is 0. The van der Waals surface area contributed by atoms with Crippen LogP contribution in [0.5, 0.6) is 0 Å². The molecule has 2 heterocycles. The topological polar surface area (TPSA) is 9.86 Å². The van der Waals surface area contributed by atoms with Gasteiger partial charge >= 0.3 is 0 Å². The molecule has 44 heavy (non-hydrogen) atoms. The third-order valence-electron chi connectivity index (χ3n) is 10.3. The van der Waals surface area contributed by atoms with Crippen LogP contribution in [-0.4, -0.2) is 9.13 Å². The smallest absolute Gasteiger partial charge is 0.0491 e. The summed E-state index contributed by atoms with van der Waals surface area (Å²) in [4.78, 5) is 0. The summed E-state index contributed by atoms with van der Waals surface area (Å²) in [6.07, 6.45) is 0. The number of fused-ring (bicyclic) bond motifs is 9. The Morgan fingerprint density at radius 1 is 0.477 bits per heavy atom. The summed E-state index contributed by atoms with van der Waals surface area (Å²) in [5.41, 5.74) is 15.7. The van der Waals surface area contributed by atoms with Crippen LogP contribution < -0.4 is 0 Å². The predicted molar refractivity (Wildman–Crippen MR) is 188 cm³/mol. The van der Waals surface area contributed by atoms with Gasteiger partial charge in [-0.1, -0.05) is 86.6 Å². The Morgan fingerprint density at radius 3 is 1.52 bits per heavy atom. The van der Waals surface area contributed by atoms with E-state index in [2.05, 4.69) is 158 Å². The molecule has 0 spiro atoms. The van der Waals surface area contributed by atoms with Gasteiger partial charge in [0.15, 0.2) is 0 Å². The third-order valence-corrected chi connectivity index (χ3v) is 10.3. The van der Waals surface area contributed by atoms with Crippen molar-refractivity contribution in [3.05, 3.63) is 132 Å². The Bertz CT molecular complexity index is 2460. The van der Waals surface area contributed by atoms with E-state index in [4.69, 9.17) is 0 Å². The van der Waals surface area contributed by atoms with Crippen LogP contribution >= 0.6 is 0 Å². The summed E-state index contributed by atoms with van der Waals surface area (Å²) >= 11 is 0. The fourth-order valence-corrected chi connectivity index (χ4v) is 8.05. The van der Waals surface area contributed by atoms with Crippen LogP contribution in [0.1, 0.15) is 31.9 Å². The maximum atomic E-state index is 2.43. The highest BCUT2D eigenvalue weighted by Crippen LogP contribution is 2.51. The van der Waals surface area contributed by atoms with Crippen molar-refractivity contribution in [1.82, 2.24) is 9.13 Å². The van der Waals surface area contributed by atoms with Gasteiger partial charge in [0, 0.05) is 62.6 Å². The summed E-state index contributed by atoms with van der Waals surface area (Å²) in [5, 5.41) is 5.27. The van der Waals surface area contributed by atoms with Crippen molar-refractivity contribution in [2.24, 2.45) is 7.05 Å². The van der Waals surface area contributed by atoms with Crippen molar-refractivity contribution in [3.63, 3.8) is 0 Å². The maximum Gasteiger partial charge on any atom is 0.0491 e. The molecule has 0 fully saturated rings. The van der Waals surface area contributed by atoms with Crippen molar-refractivity contribution in [2.75, 3.05) is 0 Å². The lowest BCUT2D eigenvalue weighted by molar-refractivity contribution is 0.660. The molecule has 1 aliphatic rings. The highest BCUT2D eigenvalue weighted by atomic mass is 15.0. The summed E-state index contributed by atoms with van der Waals surface area (Å²) in [7, 11) is 2.16. The molecule has 0 saturated heterocycles. The molecular weight excluding hydrogens is 532 g/mol. The van der Waals surface area contributed by atoms with Gasteiger partial charge in [-0.25, -0.2) is 0 Å². The van der Waals surface area contributed by atoms with Crippen LogP contribution in [0.3, 0.4) is 0 Å². The fraction of sp³-hybridized carbons (Fsp3) is 0.143. The number of benzene rings is 6. The van der Waals surface area contributed by atoms with E-state index in [9.17, 15) is 0 Å². The average Bonchev–Trinajstić information content (AvgIpc) is 3.63. The Kier molecular flexibility index (Phi) is 5.18. The van der Waals surface area contributed by atoms with Crippen molar-refractivity contribution in [3.8, 4) is 33.4 Å². The first-order valence-corrected chi connectivity index (χ1v) is 15.7. The average molecular weight is 567 g/mol. The molecule has 212 valence electrons. The third kappa shape index (κ3) is 3.37. The molecule has 0 saturated carbocycles. The van der Waals surface area contributed by atoms with E-state index >= 15 is 0 Å². The Hall–Kier alpha value is -5.08. The van der Waals surface area contributed by atoms with E-state index in [0.29, 0.717) is 0 Å². The standard InChI is InChI=1S/C42H34N2/c1-5-44-40-13-9-7-11-31(40)35-25-29(17-21-41(35)44)27-15-19-37-33(23-27)32-22-26(14-18-36(32)42(37,2)3)28-16-20-39-34(24-28)30-10-6-8-12-38(30)43(39)4/h6-25H,5H2,1-4H3. The van der Waals surface area contributed by atoms with E-state index in [1.54, 1.807) is 0 Å². The fourth-order valence-electron chi connectivity index (χ4n) is 8.05. The van der Waals surface area contributed by atoms with Crippen molar-refractivity contribution in [2.45, 2.75) is 32.7 Å². The lowest BCUT2D eigenvalue weighted by Crippen LogP contribution is -2.14. The zero-order valence-corrected chi connectivity index (χ0v) is 25.6. The zero-order valence-electron chi connectivity index (χ0n) is 25.6. The number of rotatable bonds is 3. The minimum absolute atomic E-state index is 0.0418. The predicted octanol–water partition coefficient (Wildman–Crippen LogP) is 11.1. The number of para-hydroxylation sites is 2. The van der Waals surface area contributed by atoms with Gasteiger partial charge in [-0.15, -0.1) is 0 Å². The molecule has 0 amide bonds. The summed E-state index contributed by atoms with van der Waals surface area (Å²) in [6, 6.07) is 45.7. The Morgan fingerprint density at radius 2 is 0.909 bits per heavy atom. The molecule has 1 aliphatic carbocycles. The van der Waals surface area contributed by atoms with E-state index in [0.717, 1.165) is 6.54 Å². The number of aryl methyl sites for hydroxylation is 2. The van der Waals surface area contributed by atoms with Gasteiger partial charge in [0.1, 0.15) is 0 Å². The molecule has 0 aliphatic heterocycles. The maximum absolute atomic E-state index is 2.43. The van der Waals surface area contributed by atoms with Gasteiger partial charge in [-0.3, -0.25) is 0 Å². The summed E-state index contributed by atoms with van der Waals surface area (Å²) in [6.45, 7) is 7.92. The first-order valence-electron chi connectivity index (χ1n) is 15.7. The van der Waals surface area contributed by atoms with E-state index in [1.165, 1.54) is 88.1 Å². The van der Waals surface area contributed by atoms with Crippen LogP contribution in [0, 0.1) is 0 Å². The molecule has 2 nitrogen and oxygen atoms in total. The highest BCUT2D eigenvalue weighted by Gasteiger charge is 2.35. The van der Waals surface area contributed by atoms with Crippen molar-refractivity contribution >= 4 is 43.6 Å². The van der Waals surface area contributed by atoms with Gasteiger partial charge in [-0.2, -0.15) is 0 Å². The van der Waals surface area contributed by atoms with Gasteiger partial charge in [-0.05, 0) is 100.0 Å². The van der Waals surface area contributed by atoms with Crippen LogP contribution in [0.4, 0.5) is 0 Å². The molecule has 0 N–H and O–H groups in total. The first kappa shape index (κ1) is 25.4. The summed E-state index contributed by atoms with van der Waals surface area (Å²) < 4.78 is 4.72. The molecule has 0 radical (unpaired) electrons. The van der Waals surface area contributed by atoms with Crippen LogP contribution in [0.15, 0.2) is 121 Å². The number of aromatic nitrogens is 2.